The number of allylic oxidation sites excluding steroid dienone is 4. The molecule has 0 aliphatic heterocycles. The van der Waals surface area contributed by atoms with Crippen molar-refractivity contribution in [2.24, 2.45) is 0 Å². The molecule has 0 bridgehead atoms. The smallest absolute Gasteiger partial charge is 0.155 e. The van der Waals surface area contributed by atoms with Gasteiger partial charge in [-0.05, 0) is 23.3 Å². The van der Waals surface area contributed by atoms with Gasteiger partial charge in [0.15, 0.2) is 11.7 Å². The monoisotopic (exact) mass is 298 g/mol. The highest BCUT2D eigenvalue weighted by Gasteiger charge is 2.10. The lowest BCUT2D eigenvalue weighted by molar-refractivity contribution is 0.534. The van der Waals surface area contributed by atoms with Gasteiger partial charge in [0.2, 0.25) is 0 Å². The van der Waals surface area contributed by atoms with Crippen molar-refractivity contribution in [3.8, 4) is 0 Å². The Kier molecular flexibility index (Phi) is 5.65. The topological polar surface area (TPSA) is 0 Å². The summed E-state index contributed by atoms with van der Waals surface area (Å²) in [6, 6.07) is 19.0. The van der Waals surface area contributed by atoms with Crippen LogP contribution in [0.3, 0.4) is 0 Å². The van der Waals surface area contributed by atoms with Gasteiger partial charge in [-0.15, -0.1) is 0 Å². The zero-order valence-electron chi connectivity index (χ0n) is 12.8. The van der Waals surface area contributed by atoms with Gasteiger partial charge in [-0.3, -0.25) is 0 Å². The minimum Gasteiger partial charge on any atom is -0.204 e. The van der Waals surface area contributed by atoms with E-state index in [1.165, 1.54) is 12.2 Å². The van der Waals surface area contributed by atoms with Gasteiger partial charge in [-0.2, -0.15) is 0 Å². The molecule has 0 aliphatic rings. The highest BCUT2D eigenvalue weighted by Crippen LogP contribution is 2.25. The van der Waals surface area contributed by atoms with Crippen molar-refractivity contribution in [3.05, 3.63) is 95.6 Å². The molecule has 0 aliphatic carbocycles. The predicted molar refractivity (Wildman–Crippen MR) is 88.1 cm³/mol. The van der Waals surface area contributed by atoms with Crippen LogP contribution >= 0.6 is 0 Å². The number of hydrogen-bond donors (Lipinski definition) is 0. The van der Waals surface area contributed by atoms with Gasteiger partial charge < -0.3 is 0 Å². The molecular formula is C20H20F2. The molecule has 2 aromatic carbocycles. The zero-order chi connectivity index (χ0) is 15.9. The fourth-order valence-corrected chi connectivity index (χ4v) is 2.30. The molecule has 0 heterocycles. The first kappa shape index (κ1) is 16.2. The van der Waals surface area contributed by atoms with Crippen LogP contribution in [0.4, 0.5) is 8.78 Å². The van der Waals surface area contributed by atoms with Gasteiger partial charge in [0.25, 0.3) is 0 Å². The highest BCUT2D eigenvalue weighted by molar-refractivity contribution is 5.31. The zero-order valence-corrected chi connectivity index (χ0v) is 12.8. The third kappa shape index (κ3) is 4.39. The van der Waals surface area contributed by atoms with E-state index in [4.69, 9.17) is 0 Å². The third-order valence-electron chi connectivity index (χ3n) is 3.67. The van der Waals surface area contributed by atoms with Crippen molar-refractivity contribution in [3.63, 3.8) is 0 Å². The van der Waals surface area contributed by atoms with Crippen LogP contribution in [0.1, 0.15) is 36.8 Å². The Hall–Kier alpha value is -2.22. The SMILES string of the molecule is CC(/C=C(F)/C(F)=C/C(C)c1ccccc1)c1ccccc1. The maximum absolute atomic E-state index is 14.0. The Morgan fingerprint density at radius 3 is 1.32 bits per heavy atom. The summed E-state index contributed by atoms with van der Waals surface area (Å²) in [6.07, 6.45) is 2.64. The predicted octanol–water partition coefficient (Wildman–Crippen LogP) is 6.30. The van der Waals surface area contributed by atoms with Gasteiger partial charge in [-0.1, -0.05) is 74.5 Å². The molecule has 2 atom stereocenters. The van der Waals surface area contributed by atoms with E-state index in [-0.39, 0.29) is 11.8 Å². The molecule has 114 valence electrons. The van der Waals surface area contributed by atoms with Crippen molar-refractivity contribution in [2.45, 2.75) is 25.7 Å². The van der Waals surface area contributed by atoms with E-state index >= 15 is 0 Å². The summed E-state index contributed by atoms with van der Waals surface area (Å²) in [5.74, 6) is -1.96. The largest absolute Gasteiger partial charge is 0.204 e. The minimum atomic E-state index is -0.806. The molecule has 0 nitrogen and oxygen atoms in total. The Bertz CT molecular complexity index is 582. The van der Waals surface area contributed by atoms with E-state index in [1.54, 1.807) is 0 Å². The van der Waals surface area contributed by atoms with Crippen molar-refractivity contribution < 1.29 is 8.78 Å². The van der Waals surface area contributed by atoms with Gasteiger partial charge in [0.1, 0.15) is 0 Å². The molecule has 0 saturated carbocycles. The minimum absolute atomic E-state index is 0.174. The highest BCUT2D eigenvalue weighted by atomic mass is 19.2. The number of hydrogen-bond acceptors (Lipinski definition) is 0. The molecule has 2 rings (SSSR count). The van der Waals surface area contributed by atoms with Gasteiger partial charge in [0, 0.05) is 11.8 Å². The van der Waals surface area contributed by atoms with Gasteiger partial charge in [-0.25, -0.2) is 8.78 Å². The van der Waals surface area contributed by atoms with E-state index in [0.29, 0.717) is 0 Å². The molecule has 0 radical (unpaired) electrons. The third-order valence-corrected chi connectivity index (χ3v) is 3.67. The summed E-state index contributed by atoms with van der Waals surface area (Å²) in [4.78, 5) is 0. The van der Waals surface area contributed by atoms with Crippen molar-refractivity contribution in [2.75, 3.05) is 0 Å². The van der Waals surface area contributed by atoms with Crippen LogP contribution in [0, 0.1) is 0 Å². The van der Waals surface area contributed by atoms with Crippen molar-refractivity contribution in [1.82, 2.24) is 0 Å². The standard InChI is InChI=1S/C20H20F2/c1-15(17-9-5-3-6-10-17)13-19(21)20(22)14-16(2)18-11-7-4-8-12-18/h3-16H,1-2H3/b19-13-,20-14-. The van der Waals surface area contributed by atoms with E-state index in [9.17, 15) is 8.78 Å². The fourth-order valence-electron chi connectivity index (χ4n) is 2.30. The summed E-state index contributed by atoms with van der Waals surface area (Å²) in [5, 5.41) is 0. The van der Waals surface area contributed by atoms with E-state index in [0.717, 1.165) is 11.1 Å². The van der Waals surface area contributed by atoms with Crippen LogP contribution in [-0.2, 0) is 0 Å². The maximum atomic E-state index is 14.0. The molecule has 0 saturated heterocycles. The fraction of sp³-hybridized carbons (Fsp3) is 0.200. The Morgan fingerprint density at radius 2 is 1.00 bits per heavy atom. The quantitative estimate of drug-likeness (QED) is 0.568. The summed E-state index contributed by atoms with van der Waals surface area (Å²) >= 11 is 0. The number of benzene rings is 2. The van der Waals surface area contributed by atoms with E-state index in [2.05, 4.69) is 0 Å². The molecule has 22 heavy (non-hydrogen) atoms. The summed E-state index contributed by atoms with van der Waals surface area (Å²) in [6.45, 7) is 3.70. The Morgan fingerprint density at radius 1 is 0.682 bits per heavy atom. The molecule has 2 aromatic rings. The maximum Gasteiger partial charge on any atom is 0.155 e. The molecule has 0 N–H and O–H groups in total. The van der Waals surface area contributed by atoms with Crippen LogP contribution in [-0.4, -0.2) is 0 Å². The summed E-state index contributed by atoms with van der Waals surface area (Å²) in [5.41, 5.74) is 1.92. The van der Waals surface area contributed by atoms with Crippen LogP contribution in [0.15, 0.2) is 84.5 Å². The van der Waals surface area contributed by atoms with E-state index in [1.807, 2.05) is 74.5 Å². The molecular weight excluding hydrogens is 278 g/mol. The first-order chi connectivity index (χ1) is 10.6. The van der Waals surface area contributed by atoms with Crippen LogP contribution in [0.2, 0.25) is 0 Å². The lowest BCUT2D eigenvalue weighted by Gasteiger charge is -2.08. The van der Waals surface area contributed by atoms with Crippen LogP contribution in [0.5, 0.6) is 0 Å². The number of halogens is 2. The molecule has 0 aromatic heterocycles. The van der Waals surface area contributed by atoms with Gasteiger partial charge in [0.05, 0.1) is 0 Å². The molecule has 0 amide bonds. The molecule has 2 unspecified atom stereocenters. The average Bonchev–Trinajstić information content (AvgIpc) is 2.56. The van der Waals surface area contributed by atoms with Crippen LogP contribution < -0.4 is 0 Å². The summed E-state index contributed by atoms with van der Waals surface area (Å²) in [7, 11) is 0. The lowest BCUT2D eigenvalue weighted by atomic mass is 9.98. The van der Waals surface area contributed by atoms with E-state index < -0.39 is 11.7 Å². The lowest BCUT2D eigenvalue weighted by Crippen LogP contribution is -1.93. The second-order valence-corrected chi connectivity index (χ2v) is 5.43. The number of rotatable bonds is 5. The Balaban J connectivity index is 2.12. The molecule has 2 heteroatoms. The van der Waals surface area contributed by atoms with Crippen molar-refractivity contribution >= 4 is 0 Å². The molecule has 0 fully saturated rings. The second-order valence-electron chi connectivity index (χ2n) is 5.43. The van der Waals surface area contributed by atoms with Crippen molar-refractivity contribution in [1.29, 1.82) is 0 Å². The summed E-state index contributed by atoms with van der Waals surface area (Å²) < 4.78 is 28.1. The average molecular weight is 298 g/mol. The Labute approximate surface area is 130 Å². The second kappa shape index (κ2) is 7.69. The van der Waals surface area contributed by atoms with Crippen LogP contribution in [0.25, 0.3) is 0 Å². The molecule has 0 spiro atoms. The first-order valence-corrected chi connectivity index (χ1v) is 7.43. The van der Waals surface area contributed by atoms with Gasteiger partial charge >= 0.3 is 0 Å². The first-order valence-electron chi connectivity index (χ1n) is 7.43. The normalized spacial score (nSPS) is 15.5.